The standard InChI is InChI=1S/C15H13ClFNS2/c1-18-11(7-9-3-2-4-10(16)15(9)17)13-8-14-12(20-13)5-6-19-14/h2-6,8,11,18H,7H2,1H3. The predicted molar refractivity (Wildman–Crippen MR) is 86.6 cm³/mol. The fourth-order valence-corrected chi connectivity index (χ4v) is 4.65. The van der Waals surface area contributed by atoms with Gasteiger partial charge in [-0.3, -0.25) is 0 Å². The van der Waals surface area contributed by atoms with Crippen LogP contribution >= 0.6 is 34.3 Å². The topological polar surface area (TPSA) is 12.0 Å². The van der Waals surface area contributed by atoms with Gasteiger partial charge >= 0.3 is 0 Å². The third-order valence-corrected chi connectivity index (χ3v) is 5.80. The van der Waals surface area contributed by atoms with Gasteiger partial charge in [-0.25, -0.2) is 4.39 Å². The Kier molecular flexibility index (Phi) is 4.08. The van der Waals surface area contributed by atoms with Crippen molar-refractivity contribution in [3.63, 3.8) is 0 Å². The van der Waals surface area contributed by atoms with Crippen molar-refractivity contribution in [2.75, 3.05) is 7.05 Å². The summed E-state index contributed by atoms with van der Waals surface area (Å²) >= 11 is 9.34. The summed E-state index contributed by atoms with van der Waals surface area (Å²) in [5, 5.41) is 5.55. The number of benzene rings is 1. The number of thiophene rings is 2. The van der Waals surface area contributed by atoms with Crippen LogP contribution in [0.4, 0.5) is 4.39 Å². The highest BCUT2D eigenvalue weighted by Crippen LogP contribution is 2.35. The average Bonchev–Trinajstić information content (AvgIpc) is 3.01. The van der Waals surface area contributed by atoms with Gasteiger partial charge in [-0.2, -0.15) is 0 Å². The molecule has 2 heterocycles. The van der Waals surface area contributed by atoms with Crippen LogP contribution in [-0.2, 0) is 6.42 Å². The van der Waals surface area contributed by atoms with Crippen molar-refractivity contribution < 1.29 is 4.39 Å². The van der Waals surface area contributed by atoms with Crippen molar-refractivity contribution in [3.8, 4) is 0 Å². The summed E-state index contributed by atoms with van der Waals surface area (Å²) in [7, 11) is 1.90. The molecule has 20 heavy (non-hydrogen) atoms. The molecule has 1 unspecified atom stereocenters. The first-order valence-corrected chi connectivity index (χ1v) is 8.33. The van der Waals surface area contributed by atoms with Crippen molar-refractivity contribution in [2.45, 2.75) is 12.5 Å². The molecule has 3 aromatic rings. The second-order valence-corrected chi connectivity index (χ2v) is 7.03. The lowest BCUT2D eigenvalue weighted by atomic mass is 10.0. The van der Waals surface area contributed by atoms with Crippen LogP contribution in [0.1, 0.15) is 16.5 Å². The SMILES string of the molecule is CNC(Cc1cccc(Cl)c1F)c1cc2sccc2s1. The molecule has 3 rings (SSSR count). The number of hydrogen-bond donors (Lipinski definition) is 1. The Morgan fingerprint density at radius 1 is 1.30 bits per heavy atom. The molecule has 0 bridgehead atoms. The summed E-state index contributed by atoms with van der Waals surface area (Å²) in [4.78, 5) is 1.23. The summed E-state index contributed by atoms with van der Waals surface area (Å²) in [5.74, 6) is -0.312. The van der Waals surface area contributed by atoms with Gasteiger partial charge < -0.3 is 5.32 Å². The largest absolute Gasteiger partial charge is 0.312 e. The first-order valence-electron chi connectivity index (χ1n) is 6.26. The normalized spacial score (nSPS) is 12.9. The van der Waals surface area contributed by atoms with E-state index in [-0.39, 0.29) is 16.9 Å². The van der Waals surface area contributed by atoms with E-state index in [1.807, 2.05) is 7.05 Å². The third kappa shape index (κ3) is 2.61. The van der Waals surface area contributed by atoms with E-state index >= 15 is 0 Å². The molecule has 1 N–H and O–H groups in total. The number of fused-ring (bicyclic) bond motifs is 1. The molecule has 0 saturated carbocycles. The second kappa shape index (κ2) is 5.82. The highest BCUT2D eigenvalue weighted by Gasteiger charge is 2.17. The van der Waals surface area contributed by atoms with Crippen molar-refractivity contribution in [3.05, 3.63) is 57.0 Å². The van der Waals surface area contributed by atoms with Gasteiger partial charge in [-0.15, -0.1) is 22.7 Å². The van der Waals surface area contributed by atoms with Crippen LogP contribution in [0.25, 0.3) is 9.40 Å². The molecular formula is C15H13ClFNS2. The highest BCUT2D eigenvalue weighted by atomic mass is 35.5. The zero-order valence-electron chi connectivity index (χ0n) is 10.8. The minimum Gasteiger partial charge on any atom is -0.312 e. The molecule has 2 aromatic heterocycles. The zero-order valence-corrected chi connectivity index (χ0v) is 13.2. The Labute approximate surface area is 130 Å². The molecule has 1 atom stereocenters. The van der Waals surface area contributed by atoms with E-state index in [1.165, 1.54) is 14.3 Å². The maximum absolute atomic E-state index is 14.0. The Morgan fingerprint density at radius 2 is 2.15 bits per heavy atom. The number of hydrogen-bond acceptors (Lipinski definition) is 3. The molecule has 104 valence electrons. The average molecular weight is 326 g/mol. The number of halogens is 2. The number of likely N-dealkylation sites (N-methyl/N-ethyl adjacent to an activating group) is 1. The highest BCUT2D eigenvalue weighted by molar-refractivity contribution is 7.26. The Morgan fingerprint density at radius 3 is 2.90 bits per heavy atom. The van der Waals surface area contributed by atoms with Crippen LogP contribution in [0.2, 0.25) is 5.02 Å². The first kappa shape index (κ1) is 14.0. The minimum absolute atomic E-state index is 0.104. The summed E-state index contributed by atoms with van der Waals surface area (Å²) in [6.07, 6.45) is 0.594. The van der Waals surface area contributed by atoms with Gasteiger partial charge in [0.2, 0.25) is 0 Å². The van der Waals surface area contributed by atoms with E-state index < -0.39 is 0 Å². The van der Waals surface area contributed by atoms with Gasteiger partial charge in [0, 0.05) is 20.3 Å². The Bertz CT molecular complexity index is 706. The zero-order chi connectivity index (χ0) is 14.1. The minimum atomic E-state index is -0.312. The van der Waals surface area contributed by atoms with E-state index in [1.54, 1.807) is 40.9 Å². The molecule has 0 radical (unpaired) electrons. The molecule has 0 saturated heterocycles. The Balaban J connectivity index is 1.90. The van der Waals surface area contributed by atoms with Crippen LogP contribution in [0, 0.1) is 5.82 Å². The van der Waals surface area contributed by atoms with E-state index in [4.69, 9.17) is 11.6 Å². The van der Waals surface area contributed by atoms with Crippen LogP contribution in [-0.4, -0.2) is 7.05 Å². The molecule has 1 nitrogen and oxygen atoms in total. The third-order valence-electron chi connectivity index (χ3n) is 3.31. The number of nitrogens with one attached hydrogen (secondary N) is 1. The van der Waals surface area contributed by atoms with Crippen molar-refractivity contribution >= 4 is 43.7 Å². The first-order chi connectivity index (χ1) is 9.69. The summed E-state index contributed by atoms with van der Waals surface area (Å²) < 4.78 is 16.6. The maximum Gasteiger partial charge on any atom is 0.145 e. The van der Waals surface area contributed by atoms with E-state index in [9.17, 15) is 4.39 Å². The van der Waals surface area contributed by atoms with Crippen LogP contribution in [0.3, 0.4) is 0 Å². The Hall–Kier alpha value is -0.940. The smallest absolute Gasteiger partial charge is 0.145 e. The molecular weight excluding hydrogens is 313 g/mol. The molecule has 0 amide bonds. The molecule has 0 fully saturated rings. The summed E-state index contributed by atoms with van der Waals surface area (Å²) in [6, 6.07) is 9.58. The maximum atomic E-state index is 14.0. The van der Waals surface area contributed by atoms with Crippen molar-refractivity contribution in [1.82, 2.24) is 5.32 Å². The van der Waals surface area contributed by atoms with Crippen LogP contribution in [0.5, 0.6) is 0 Å². The lowest BCUT2D eigenvalue weighted by molar-refractivity contribution is 0.560. The van der Waals surface area contributed by atoms with Crippen LogP contribution < -0.4 is 5.32 Å². The lowest BCUT2D eigenvalue weighted by Crippen LogP contribution is -2.18. The molecule has 0 spiro atoms. The summed E-state index contributed by atoms with van der Waals surface area (Å²) in [5.41, 5.74) is 0.647. The monoisotopic (exact) mass is 325 g/mol. The molecule has 0 aliphatic heterocycles. The van der Waals surface area contributed by atoms with Gasteiger partial charge in [-0.05, 0) is 42.6 Å². The van der Waals surface area contributed by atoms with Crippen LogP contribution in [0.15, 0.2) is 35.7 Å². The van der Waals surface area contributed by atoms with E-state index in [2.05, 4.69) is 22.8 Å². The van der Waals surface area contributed by atoms with Gasteiger partial charge in [0.05, 0.1) is 5.02 Å². The van der Waals surface area contributed by atoms with E-state index in [0.717, 1.165) is 0 Å². The fourth-order valence-electron chi connectivity index (χ4n) is 2.23. The molecule has 5 heteroatoms. The second-order valence-electron chi connectivity index (χ2n) is 4.56. The van der Waals surface area contributed by atoms with Gasteiger partial charge in [0.15, 0.2) is 0 Å². The van der Waals surface area contributed by atoms with Gasteiger partial charge in [0.25, 0.3) is 0 Å². The number of rotatable bonds is 4. The predicted octanol–water partition coefficient (Wildman–Crippen LogP) is 5.26. The molecule has 0 aliphatic rings. The molecule has 0 aliphatic carbocycles. The fraction of sp³-hybridized carbons (Fsp3) is 0.200. The quantitative estimate of drug-likeness (QED) is 0.690. The van der Waals surface area contributed by atoms with E-state index in [0.29, 0.717) is 12.0 Å². The van der Waals surface area contributed by atoms with Crippen molar-refractivity contribution in [1.29, 1.82) is 0 Å². The lowest BCUT2D eigenvalue weighted by Gasteiger charge is -2.15. The summed E-state index contributed by atoms with van der Waals surface area (Å²) in [6.45, 7) is 0. The van der Waals surface area contributed by atoms with Gasteiger partial charge in [0.1, 0.15) is 5.82 Å². The van der Waals surface area contributed by atoms with Gasteiger partial charge in [-0.1, -0.05) is 23.7 Å². The van der Waals surface area contributed by atoms with Crippen molar-refractivity contribution in [2.24, 2.45) is 0 Å². The molecule has 1 aromatic carbocycles.